The molecule has 0 saturated carbocycles. The number of rotatable bonds is 16. The van der Waals surface area contributed by atoms with Crippen LogP contribution in [0.4, 0.5) is 0 Å². The molecule has 1 aromatic rings. The molecule has 0 amide bonds. The third-order valence-electron chi connectivity index (χ3n) is 5.28. The highest BCUT2D eigenvalue weighted by atomic mass is 16.7. The molecule has 1 saturated heterocycles. The molecule has 0 radical (unpaired) electrons. The molecule has 0 N–H and O–H groups in total. The Kier molecular flexibility index (Phi) is 14.2. The lowest BCUT2D eigenvalue weighted by atomic mass is 10.1. The fourth-order valence-corrected chi connectivity index (χ4v) is 3.47. The van der Waals surface area contributed by atoms with Crippen LogP contribution in [0, 0.1) is 0 Å². The van der Waals surface area contributed by atoms with Crippen molar-refractivity contribution in [2.75, 3.05) is 13.2 Å². The van der Waals surface area contributed by atoms with Gasteiger partial charge in [0.05, 0.1) is 6.61 Å². The number of esters is 1. The number of carbonyl (C=O) groups is 1. The second-order valence-electron chi connectivity index (χ2n) is 8.12. The number of hydrogen-bond acceptors (Lipinski definition) is 4. The fourth-order valence-electron chi connectivity index (χ4n) is 3.47. The molecule has 1 aromatic carbocycles. The average molecular weight is 441 g/mol. The van der Waals surface area contributed by atoms with Crippen molar-refractivity contribution >= 4 is 5.97 Å². The van der Waals surface area contributed by atoms with Crippen molar-refractivity contribution in [2.24, 2.45) is 0 Å². The summed E-state index contributed by atoms with van der Waals surface area (Å²) < 4.78 is 16.8. The number of ether oxygens (including phenoxy) is 3. The lowest BCUT2D eigenvalue weighted by molar-refractivity contribution is -0.148. The third kappa shape index (κ3) is 12.0. The molecule has 1 fully saturated rings. The SMILES string of the molecule is CC/C=C\C/C=C\C/C=C\CCCCCCCC(=O)OC[C@@H]1CO[C@H](c2ccccc2)O1. The Hall–Kier alpha value is -2.17. The van der Waals surface area contributed by atoms with Crippen molar-refractivity contribution in [2.45, 2.75) is 83.5 Å². The van der Waals surface area contributed by atoms with Crippen LogP contribution in [0.1, 0.15) is 83.0 Å². The smallest absolute Gasteiger partial charge is 0.305 e. The van der Waals surface area contributed by atoms with Crippen molar-refractivity contribution in [3.05, 3.63) is 72.4 Å². The van der Waals surface area contributed by atoms with Gasteiger partial charge >= 0.3 is 5.97 Å². The Morgan fingerprint density at radius 2 is 1.62 bits per heavy atom. The van der Waals surface area contributed by atoms with Gasteiger partial charge in [-0.2, -0.15) is 0 Å². The minimum Gasteiger partial charge on any atom is -0.463 e. The maximum Gasteiger partial charge on any atom is 0.305 e. The summed E-state index contributed by atoms with van der Waals surface area (Å²) in [6.45, 7) is 2.87. The molecule has 0 spiro atoms. The molecule has 0 bridgehead atoms. The molecule has 4 nitrogen and oxygen atoms in total. The molecule has 0 aliphatic carbocycles. The van der Waals surface area contributed by atoms with E-state index in [-0.39, 0.29) is 25.0 Å². The van der Waals surface area contributed by atoms with Gasteiger partial charge in [-0.15, -0.1) is 0 Å². The topological polar surface area (TPSA) is 44.8 Å². The maximum absolute atomic E-state index is 11.9. The van der Waals surface area contributed by atoms with Gasteiger partial charge in [0.25, 0.3) is 0 Å². The van der Waals surface area contributed by atoms with Crippen LogP contribution < -0.4 is 0 Å². The van der Waals surface area contributed by atoms with Gasteiger partial charge in [-0.05, 0) is 38.5 Å². The van der Waals surface area contributed by atoms with Crippen LogP contribution in [0.2, 0.25) is 0 Å². The molecule has 176 valence electrons. The van der Waals surface area contributed by atoms with Crippen molar-refractivity contribution in [1.82, 2.24) is 0 Å². The van der Waals surface area contributed by atoms with E-state index in [2.05, 4.69) is 43.4 Å². The number of allylic oxidation sites excluding steroid dienone is 6. The molecule has 1 aliphatic rings. The Labute approximate surface area is 194 Å². The first kappa shape index (κ1) is 26.1. The Morgan fingerprint density at radius 1 is 0.938 bits per heavy atom. The van der Waals surface area contributed by atoms with E-state index in [0.29, 0.717) is 13.0 Å². The number of unbranched alkanes of at least 4 members (excludes halogenated alkanes) is 5. The van der Waals surface area contributed by atoms with Crippen molar-refractivity contribution in [1.29, 1.82) is 0 Å². The van der Waals surface area contributed by atoms with E-state index in [0.717, 1.165) is 44.1 Å². The van der Waals surface area contributed by atoms with E-state index in [1.54, 1.807) is 0 Å². The zero-order valence-electron chi connectivity index (χ0n) is 19.6. The van der Waals surface area contributed by atoms with E-state index in [1.807, 2.05) is 30.3 Å². The predicted molar refractivity (Wildman–Crippen MR) is 130 cm³/mol. The first-order chi connectivity index (χ1) is 15.8. The van der Waals surface area contributed by atoms with Crippen molar-refractivity contribution in [3.63, 3.8) is 0 Å². The van der Waals surface area contributed by atoms with E-state index in [4.69, 9.17) is 14.2 Å². The lowest BCUT2D eigenvalue weighted by Gasteiger charge is -2.12. The second-order valence-corrected chi connectivity index (χ2v) is 8.12. The van der Waals surface area contributed by atoms with Gasteiger partial charge in [0.15, 0.2) is 6.29 Å². The van der Waals surface area contributed by atoms with Crippen molar-refractivity contribution < 1.29 is 19.0 Å². The van der Waals surface area contributed by atoms with Crippen LogP contribution in [0.15, 0.2) is 66.8 Å². The molecule has 2 rings (SSSR count). The summed E-state index contributed by atoms with van der Waals surface area (Å²) in [6.07, 6.45) is 23.2. The minimum atomic E-state index is -0.362. The van der Waals surface area contributed by atoms with Gasteiger partial charge in [-0.3, -0.25) is 4.79 Å². The third-order valence-corrected chi connectivity index (χ3v) is 5.28. The Balaban J connectivity index is 1.39. The molecule has 32 heavy (non-hydrogen) atoms. The lowest BCUT2D eigenvalue weighted by Crippen LogP contribution is -2.20. The largest absolute Gasteiger partial charge is 0.463 e. The van der Waals surface area contributed by atoms with Crippen molar-refractivity contribution in [3.8, 4) is 0 Å². The Bertz CT molecular complexity index is 693. The predicted octanol–water partition coefficient (Wildman–Crippen LogP) is 7.23. The highest BCUT2D eigenvalue weighted by molar-refractivity contribution is 5.69. The summed E-state index contributed by atoms with van der Waals surface area (Å²) >= 11 is 0. The highest BCUT2D eigenvalue weighted by Crippen LogP contribution is 2.26. The number of hydrogen-bond donors (Lipinski definition) is 0. The molecule has 0 unspecified atom stereocenters. The molecule has 4 heteroatoms. The van der Waals surface area contributed by atoms with Crippen LogP contribution in [-0.2, 0) is 19.0 Å². The normalized spacial score (nSPS) is 18.9. The molecule has 0 aromatic heterocycles. The maximum atomic E-state index is 11.9. The monoisotopic (exact) mass is 440 g/mol. The van der Waals surface area contributed by atoms with Crippen LogP contribution in [-0.4, -0.2) is 25.3 Å². The summed E-state index contributed by atoms with van der Waals surface area (Å²) in [5, 5.41) is 0. The standard InChI is InChI=1S/C28H40O4/c1-2-3-4-5-6-7-8-9-10-11-12-13-14-15-19-22-27(29)30-23-26-24-31-28(32-26)25-20-17-16-18-21-25/h3-4,6-7,9-10,16-18,20-21,26,28H,2,5,8,11-15,19,22-24H2,1H3/b4-3-,7-6-,10-9-/t26-,28+/m1/s1. The van der Waals surface area contributed by atoms with Crippen LogP contribution >= 0.6 is 0 Å². The summed E-state index contributed by atoms with van der Waals surface area (Å²) in [4.78, 5) is 11.9. The van der Waals surface area contributed by atoms with Crippen LogP contribution in [0.25, 0.3) is 0 Å². The van der Waals surface area contributed by atoms with Gasteiger partial charge in [0.1, 0.15) is 12.7 Å². The van der Waals surface area contributed by atoms with Gasteiger partial charge in [0.2, 0.25) is 0 Å². The van der Waals surface area contributed by atoms with E-state index in [1.165, 1.54) is 19.3 Å². The van der Waals surface area contributed by atoms with Gasteiger partial charge in [-0.1, -0.05) is 93.0 Å². The number of benzene rings is 1. The molecular formula is C28H40O4. The first-order valence-corrected chi connectivity index (χ1v) is 12.2. The highest BCUT2D eigenvalue weighted by Gasteiger charge is 2.28. The molecule has 1 aliphatic heterocycles. The molecular weight excluding hydrogens is 400 g/mol. The minimum absolute atomic E-state index is 0.141. The van der Waals surface area contributed by atoms with Crippen LogP contribution in [0.3, 0.4) is 0 Å². The molecule has 2 atom stereocenters. The summed E-state index contributed by atoms with van der Waals surface area (Å²) in [7, 11) is 0. The second kappa shape index (κ2) is 17.4. The first-order valence-electron chi connectivity index (χ1n) is 12.2. The summed E-state index contributed by atoms with van der Waals surface area (Å²) in [5.41, 5.74) is 0.990. The van der Waals surface area contributed by atoms with Gasteiger partial charge in [0, 0.05) is 12.0 Å². The van der Waals surface area contributed by atoms with E-state index < -0.39 is 0 Å². The van der Waals surface area contributed by atoms with E-state index >= 15 is 0 Å². The van der Waals surface area contributed by atoms with Crippen LogP contribution in [0.5, 0.6) is 0 Å². The Morgan fingerprint density at radius 3 is 2.41 bits per heavy atom. The zero-order valence-corrected chi connectivity index (χ0v) is 19.6. The number of carbonyl (C=O) groups excluding carboxylic acids is 1. The quantitative estimate of drug-likeness (QED) is 0.154. The summed E-state index contributed by atoms with van der Waals surface area (Å²) in [5.74, 6) is -0.141. The average Bonchev–Trinajstić information content (AvgIpc) is 3.30. The van der Waals surface area contributed by atoms with Gasteiger partial charge in [-0.25, -0.2) is 0 Å². The van der Waals surface area contributed by atoms with E-state index in [9.17, 15) is 4.79 Å². The van der Waals surface area contributed by atoms with Gasteiger partial charge < -0.3 is 14.2 Å². The summed E-state index contributed by atoms with van der Waals surface area (Å²) in [6, 6.07) is 9.82. The molecule has 1 heterocycles. The fraction of sp³-hybridized carbons (Fsp3) is 0.536. The zero-order chi connectivity index (χ0) is 22.7.